The lowest BCUT2D eigenvalue weighted by Crippen LogP contribution is -2.48. The molecule has 3 amide bonds. The van der Waals surface area contributed by atoms with Gasteiger partial charge in [0.1, 0.15) is 5.82 Å². The summed E-state index contributed by atoms with van der Waals surface area (Å²) >= 11 is 5.03. The van der Waals surface area contributed by atoms with Crippen LogP contribution in [0.1, 0.15) is 35.3 Å². The number of benzene rings is 3. The maximum Gasteiger partial charge on any atom is 0.416 e. The quantitative estimate of drug-likeness (QED) is 0.241. The number of alkyl halides is 3. The Morgan fingerprint density at radius 3 is 2.39 bits per heavy atom. The number of carbonyl (C=O) groups is 2. The van der Waals surface area contributed by atoms with E-state index in [9.17, 15) is 27.2 Å². The highest BCUT2D eigenvalue weighted by Gasteiger charge is 2.54. The Morgan fingerprint density at radius 2 is 1.72 bits per heavy atom. The summed E-state index contributed by atoms with van der Waals surface area (Å²) in [6, 6.07) is 16.4. The molecule has 0 radical (unpaired) electrons. The molecule has 1 aliphatic heterocycles. The van der Waals surface area contributed by atoms with Crippen molar-refractivity contribution in [2.45, 2.75) is 24.7 Å². The van der Waals surface area contributed by atoms with E-state index < -0.39 is 47.7 Å². The number of para-hydroxylation sites is 1. The molecule has 4 rings (SSSR count). The summed E-state index contributed by atoms with van der Waals surface area (Å²) in [5.41, 5.74) is -1.73. The average molecular weight is 517 g/mol. The maximum absolute atomic E-state index is 13.9. The molecular formula is C26H20F4N2O3S. The number of hydrogen-bond acceptors (Lipinski definition) is 4. The summed E-state index contributed by atoms with van der Waals surface area (Å²) in [7, 11) is 0. The molecule has 2 atom stereocenters. The fourth-order valence-electron chi connectivity index (χ4n) is 4.04. The Morgan fingerprint density at radius 1 is 1.06 bits per heavy atom. The van der Waals surface area contributed by atoms with E-state index in [0.717, 1.165) is 17.0 Å². The molecule has 1 N–H and O–H groups in total. The van der Waals surface area contributed by atoms with Gasteiger partial charge in [0.25, 0.3) is 5.91 Å². The van der Waals surface area contributed by atoms with Gasteiger partial charge in [0.2, 0.25) is 0 Å². The van der Waals surface area contributed by atoms with Crippen molar-refractivity contribution >= 4 is 35.2 Å². The Labute approximate surface area is 209 Å². The molecular weight excluding hydrogens is 496 g/mol. The smallest absolute Gasteiger partial charge is 0.370 e. The zero-order valence-electron chi connectivity index (χ0n) is 18.9. The van der Waals surface area contributed by atoms with Crippen LogP contribution in [0.4, 0.5) is 28.0 Å². The minimum absolute atomic E-state index is 0.0646. The molecule has 0 saturated carbocycles. The van der Waals surface area contributed by atoms with Crippen LogP contribution in [0.5, 0.6) is 0 Å². The summed E-state index contributed by atoms with van der Waals surface area (Å²) in [5.74, 6) is -1.72. The third-order valence-corrected chi connectivity index (χ3v) is 6.18. The van der Waals surface area contributed by atoms with Gasteiger partial charge in [-0.3, -0.25) is 4.79 Å². The van der Waals surface area contributed by atoms with Crippen LogP contribution < -0.4 is 10.2 Å². The highest BCUT2D eigenvalue weighted by atomic mass is 32.1. The molecule has 3 aromatic carbocycles. The van der Waals surface area contributed by atoms with Gasteiger partial charge in [-0.05, 0) is 42.3 Å². The largest absolute Gasteiger partial charge is 0.416 e. The molecule has 10 heteroatoms. The molecule has 186 valence electrons. The predicted molar refractivity (Wildman–Crippen MR) is 129 cm³/mol. The summed E-state index contributed by atoms with van der Waals surface area (Å²) in [4.78, 5) is 27.8. The fourth-order valence-corrected chi connectivity index (χ4v) is 4.24. The van der Waals surface area contributed by atoms with Gasteiger partial charge in [0.05, 0.1) is 24.0 Å². The fraction of sp³-hybridized carbons (Fsp3) is 0.192. The van der Waals surface area contributed by atoms with Gasteiger partial charge < -0.3 is 10.1 Å². The molecule has 1 aliphatic rings. The van der Waals surface area contributed by atoms with Crippen LogP contribution in [-0.2, 0) is 21.2 Å². The monoisotopic (exact) mass is 516 g/mol. The summed E-state index contributed by atoms with van der Waals surface area (Å²) in [5, 5.41) is 4.04. The first-order valence-corrected chi connectivity index (χ1v) is 11.3. The van der Waals surface area contributed by atoms with Crippen molar-refractivity contribution in [3.63, 3.8) is 0 Å². The third kappa shape index (κ3) is 4.74. The average Bonchev–Trinajstić information content (AvgIpc) is 3.12. The molecule has 1 heterocycles. The molecule has 0 spiro atoms. The van der Waals surface area contributed by atoms with E-state index in [0.29, 0.717) is 17.2 Å². The lowest BCUT2D eigenvalue weighted by molar-refractivity contribution is -0.137. The zero-order chi connectivity index (χ0) is 26.1. The Kier molecular flexibility index (Phi) is 6.92. The number of nitrogens with zero attached hydrogens (tertiary/aromatic N) is 1. The van der Waals surface area contributed by atoms with E-state index in [1.807, 2.05) is 0 Å². The minimum atomic E-state index is -4.74. The van der Waals surface area contributed by atoms with Crippen molar-refractivity contribution in [2.24, 2.45) is 0 Å². The van der Waals surface area contributed by atoms with Gasteiger partial charge in [-0.15, -0.1) is 0 Å². The van der Waals surface area contributed by atoms with Crippen molar-refractivity contribution < 1.29 is 31.9 Å². The molecule has 3 aromatic rings. The molecule has 1 fully saturated rings. The van der Waals surface area contributed by atoms with Crippen molar-refractivity contribution in [3.05, 3.63) is 101 Å². The summed E-state index contributed by atoms with van der Waals surface area (Å²) < 4.78 is 59.3. The molecule has 5 nitrogen and oxygen atoms in total. The lowest BCUT2D eigenvalue weighted by Gasteiger charge is -2.29. The van der Waals surface area contributed by atoms with E-state index in [4.69, 9.17) is 17.0 Å². The first kappa shape index (κ1) is 25.5. The van der Waals surface area contributed by atoms with Crippen LogP contribution in [0.25, 0.3) is 0 Å². The standard InChI is InChI=1S/C26H20F4N2O3S/c1-16(18-11-20(26(28,29)30)13-21(27)12-18)35-15-25(19-8-3-2-4-9-19)23(33)32(24(34)31-25)22-10-6-5-7-17(22)14-36/h2-14,16H,15H2,1H3,(H,31,34)/t16-,25-/m1/s1. The highest BCUT2D eigenvalue weighted by Crippen LogP contribution is 2.36. The van der Waals surface area contributed by atoms with Crippen LogP contribution in [0.3, 0.4) is 0 Å². The van der Waals surface area contributed by atoms with Gasteiger partial charge in [0, 0.05) is 10.9 Å². The van der Waals surface area contributed by atoms with Gasteiger partial charge in [-0.1, -0.05) is 60.7 Å². The van der Waals surface area contributed by atoms with E-state index in [1.165, 1.54) is 12.3 Å². The van der Waals surface area contributed by atoms with Gasteiger partial charge in [0.15, 0.2) is 5.54 Å². The Bertz CT molecular complexity index is 1320. The maximum atomic E-state index is 13.9. The second kappa shape index (κ2) is 9.79. The Hall–Kier alpha value is -3.63. The number of urea groups is 1. The molecule has 0 aliphatic carbocycles. The van der Waals surface area contributed by atoms with Crippen LogP contribution >= 0.6 is 12.2 Å². The van der Waals surface area contributed by atoms with Crippen molar-refractivity contribution in [3.8, 4) is 0 Å². The number of imide groups is 1. The minimum Gasteiger partial charge on any atom is -0.370 e. The third-order valence-electron chi connectivity index (χ3n) is 5.93. The number of amides is 3. The number of anilines is 1. The number of halogens is 4. The summed E-state index contributed by atoms with van der Waals surface area (Å²) in [6.07, 6.45) is -5.78. The van der Waals surface area contributed by atoms with Gasteiger partial charge >= 0.3 is 12.2 Å². The number of ether oxygens (including phenoxy) is 1. The first-order chi connectivity index (χ1) is 17.1. The van der Waals surface area contributed by atoms with Crippen LogP contribution in [0, 0.1) is 5.82 Å². The number of rotatable bonds is 7. The second-order valence-electron chi connectivity index (χ2n) is 8.24. The summed E-state index contributed by atoms with van der Waals surface area (Å²) in [6.45, 7) is 1.02. The number of thiocarbonyl (C=S) groups is 1. The zero-order valence-corrected chi connectivity index (χ0v) is 19.7. The number of nitrogens with one attached hydrogen (secondary N) is 1. The van der Waals surface area contributed by atoms with Crippen molar-refractivity contribution in [1.29, 1.82) is 0 Å². The van der Waals surface area contributed by atoms with E-state index in [-0.39, 0.29) is 11.3 Å². The second-order valence-corrected chi connectivity index (χ2v) is 8.48. The molecule has 0 bridgehead atoms. The van der Waals surface area contributed by atoms with Crippen LogP contribution in [-0.4, -0.2) is 23.9 Å². The molecule has 0 unspecified atom stereocenters. The van der Waals surface area contributed by atoms with E-state index in [1.54, 1.807) is 54.6 Å². The predicted octanol–water partition coefficient (Wildman–Crippen LogP) is 5.92. The SMILES string of the molecule is C[C@@H](OC[C@]1(c2ccccc2)NC(=O)N(c2ccccc2C=S)C1=O)c1cc(F)cc(C(F)(F)F)c1. The Balaban J connectivity index is 1.70. The van der Waals surface area contributed by atoms with Gasteiger partial charge in [-0.25, -0.2) is 14.1 Å². The molecule has 36 heavy (non-hydrogen) atoms. The first-order valence-electron chi connectivity index (χ1n) is 10.8. The van der Waals surface area contributed by atoms with Gasteiger partial charge in [-0.2, -0.15) is 13.2 Å². The van der Waals surface area contributed by atoms with Crippen LogP contribution in [0.15, 0.2) is 72.8 Å². The van der Waals surface area contributed by atoms with E-state index >= 15 is 0 Å². The van der Waals surface area contributed by atoms with Crippen molar-refractivity contribution in [1.82, 2.24) is 5.32 Å². The number of hydrogen-bond donors (Lipinski definition) is 1. The topological polar surface area (TPSA) is 58.6 Å². The van der Waals surface area contributed by atoms with Crippen LogP contribution in [0.2, 0.25) is 0 Å². The molecule has 0 aromatic heterocycles. The van der Waals surface area contributed by atoms with E-state index in [2.05, 4.69) is 5.32 Å². The lowest BCUT2D eigenvalue weighted by atomic mass is 9.90. The molecule has 1 saturated heterocycles. The van der Waals surface area contributed by atoms with Crippen molar-refractivity contribution in [2.75, 3.05) is 11.5 Å². The normalized spacial score (nSPS) is 18.8. The number of carbonyl (C=O) groups excluding carboxylic acids is 2. The highest BCUT2D eigenvalue weighted by molar-refractivity contribution is 7.79.